The second-order valence-corrected chi connectivity index (χ2v) is 5.81. The third-order valence-corrected chi connectivity index (χ3v) is 4.54. The summed E-state index contributed by atoms with van der Waals surface area (Å²) in [6.45, 7) is 5.07. The predicted molar refractivity (Wildman–Crippen MR) is 86.7 cm³/mol. The molecule has 0 bridgehead atoms. The van der Waals surface area contributed by atoms with Gasteiger partial charge >= 0.3 is 0 Å². The van der Waals surface area contributed by atoms with E-state index in [1.54, 1.807) is 17.7 Å². The van der Waals surface area contributed by atoms with Gasteiger partial charge in [-0.1, -0.05) is 13.8 Å². The molecule has 3 aromatic heterocycles. The molecule has 0 amide bonds. The van der Waals surface area contributed by atoms with E-state index in [1.807, 2.05) is 17.1 Å². The molecule has 0 fully saturated rings. The van der Waals surface area contributed by atoms with Crippen molar-refractivity contribution in [1.29, 1.82) is 0 Å². The molecular weight excluding hydrogens is 282 g/mol. The van der Waals surface area contributed by atoms with Crippen molar-refractivity contribution in [1.82, 2.24) is 19.7 Å². The maximum atomic E-state index is 4.61. The number of thiophene rings is 1. The molecule has 0 aliphatic rings. The van der Waals surface area contributed by atoms with Crippen molar-refractivity contribution in [3.8, 4) is 0 Å². The average molecular weight is 301 g/mol. The van der Waals surface area contributed by atoms with Crippen molar-refractivity contribution >= 4 is 27.4 Å². The summed E-state index contributed by atoms with van der Waals surface area (Å²) in [5, 5.41) is 11.2. The Morgan fingerprint density at radius 2 is 2.10 bits per heavy atom. The Balaban J connectivity index is 1.89. The average Bonchev–Trinajstić information content (AvgIpc) is 3.08. The van der Waals surface area contributed by atoms with E-state index in [1.165, 1.54) is 11.3 Å². The van der Waals surface area contributed by atoms with E-state index in [4.69, 9.17) is 0 Å². The molecule has 6 heteroatoms. The van der Waals surface area contributed by atoms with Crippen molar-refractivity contribution in [2.45, 2.75) is 33.2 Å². The lowest BCUT2D eigenvalue weighted by molar-refractivity contribution is 0.703. The molecule has 0 saturated heterocycles. The van der Waals surface area contributed by atoms with Crippen LogP contribution >= 0.6 is 11.3 Å². The number of hydrogen-bond acceptors (Lipinski definition) is 5. The third kappa shape index (κ3) is 2.51. The van der Waals surface area contributed by atoms with Gasteiger partial charge in [-0.3, -0.25) is 4.68 Å². The number of hydrogen-bond donors (Lipinski definition) is 1. The van der Waals surface area contributed by atoms with Gasteiger partial charge in [-0.05, 0) is 24.3 Å². The highest BCUT2D eigenvalue weighted by molar-refractivity contribution is 7.16. The van der Waals surface area contributed by atoms with E-state index in [-0.39, 0.29) is 0 Å². The number of rotatable bonds is 5. The van der Waals surface area contributed by atoms with Crippen LogP contribution in [0.2, 0.25) is 0 Å². The van der Waals surface area contributed by atoms with E-state index in [9.17, 15) is 0 Å². The zero-order valence-electron chi connectivity index (χ0n) is 12.6. The molecule has 0 aromatic carbocycles. The van der Waals surface area contributed by atoms with E-state index >= 15 is 0 Å². The Kier molecular flexibility index (Phi) is 3.88. The fourth-order valence-corrected chi connectivity index (χ4v) is 3.43. The second-order valence-electron chi connectivity index (χ2n) is 4.92. The van der Waals surface area contributed by atoms with Gasteiger partial charge in [-0.2, -0.15) is 5.10 Å². The molecule has 0 spiro atoms. The highest BCUT2D eigenvalue weighted by Crippen LogP contribution is 2.25. The fourth-order valence-electron chi connectivity index (χ4n) is 2.70. The van der Waals surface area contributed by atoms with E-state index < -0.39 is 0 Å². The maximum Gasteiger partial charge on any atom is 0.138 e. The van der Waals surface area contributed by atoms with Crippen LogP contribution < -0.4 is 5.32 Å². The highest BCUT2D eigenvalue weighted by atomic mass is 32.1. The molecule has 0 aliphatic heterocycles. The maximum absolute atomic E-state index is 4.61. The standard InChI is InChI=1S/C15H19N5S/c1-4-12-11(13(5-2)20(3)19-12)8-16-14-10-6-7-21-15(10)18-9-17-14/h6-7,9H,4-5,8H2,1-3H3,(H,16,17,18). The first-order valence-electron chi connectivity index (χ1n) is 7.20. The van der Waals surface area contributed by atoms with Crippen LogP contribution in [0.15, 0.2) is 17.8 Å². The minimum atomic E-state index is 0.752. The van der Waals surface area contributed by atoms with Crippen LogP contribution in [0.5, 0.6) is 0 Å². The van der Waals surface area contributed by atoms with Crippen molar-refractivity contribution in [2.75, 3.05) is 5.32 Å². The molecule has 3 heterocycles. The number of nitrogens with one attached hydrogen (secondary N) is 1. The summed E-state index contributed by atoms with van der Waals surface area (Å²) in [5.41, 5.74) is 3.75. The zero-order chi connectivity index (χ0) is 14.8. The van der Waals surface area contributed by atoms with Gasteiger partial charge in [0.25, 0.3) is 0 Å². The minimum Gasteiger partial charge on any atom is -0.365 e. The smallest absolute Gasteiger partial charge is 0.138 e. The zero-order valence-corrected chi connectivity index (χ0v) is 13.4. The lowest BCUT2D eigenvalue weighted by Gasteiger charge is -2.08. The van der Waals surface area contributed by atoms with Crippen LogP contribution in [0.1, 0.15) is 30.8 Å². The molecule has 0 saturated carbocycles. The molecule has 0 atom stereocenters. The van der Waals surface area contributed by atoms with Crippen LogP contribution in [0.4, 0.5) is 5.82 Å². The van der Waals surface area contributed by atoms with Gasteiger partial charge in [0, 0.05) is 24.8 Å². The van der Waals surface area contributed by atoms with Crippen molar-refractivity contribution in [3.05, 3.63) is 34.7 Å². The Labute approximate surface area is 128 Å². The Morgan fingerprint density at radius 1 is 1.24 bits per heavy atom. The molecule has 0 radical (unpaired) electrons. The van der Waals surface area contributed by atoms with Crippen LogP contribution in [-0.4, -0.2) is 19.7 Å². The summed E-state index contributed by atoms with van der Waals surface area (Å²) in [5.74, 6) is 0.897. The molecular formula is C15H19N5S. The number of fused-ring (bicyclic) bond motifs is 1. The molecule has 5 nitrogen and oxygen atoms in total. The van der Waals surface area contributed by atoms with Crippen molar-refractivity contribution in [3.63, 3.8) is 0 Å². The van der Waals surface area contributed by atoms with Gasteiger partial charge in [0.15, 0.2) is 0 Å². The van der Waals surface area contributed by atoms with Gasteiger partial charge in [-0.25, -0.2) is 9.97 Å². The third-order valence-electron chi connectivity index (χ3n) is 3.72. The molecule has 3 aromatic rings. The predicted octanol–water partition coefficient (Wildman–Crippen LogP) is 3.16. The monoisotopic (exact) mass is 301 g/mol. The summed E-state index contributed by atoms with van der Waals surface area (Å²) in [4.78, 5) is 9.67. The van der Waals surface area contributed by atoms with Crippen molar-refractivity contribution in [2.24, 2.45) is 7.05 Å². The van der Waals surface area contributed by atoms with Gasteiger partial charge in [-0.15, -0.1) is 11.3 Å². The van der Waals surface area contributed by atoms with Crippen LogP contribution in [0.25, 0.3) is 10.2 Å². The first-order chi connectivity index (χ1) is 10.2. The summed E-state index contributed by atoms with van der Waals surface area (Å²) in [7, 11) is 2.02. The first-order valence-corrected chi connectivity index (χ1v) is 8.08. The SMILES string of the molecule is CCc1nn(C)c(CC)c1CNc1ncnc2sccc12. The largest absolute Gasteiger partial charge is 0.365 e. The van der Waals surface area contributed by atoms with Gasteiger partial charge < -0.3 is 5.32 Å². The quantitative estimate of drug-likeness (QED) is 0.786. The van der Waals surface area contributed by atoms with E-state index in [0.717, 1.165) is 41.1 Å². The molecule has 3 rings (SSSR count). The molecule has 0 unspecified atom stereocenters. The summed E-state index contributed by atoms with van der Waals surface area (Å²) in [6.07, 6.45) is 3.55. The van der Waals surface area contributed by atoms with E-state index in [0.29, 0.717) is 0 Å². The van der Waals surface area contributed by atoms with Gasteiger partial charge in [0.2, 0.25) is 0 Å². The summed E-state index contributed by atoms with van der Waals surface area (Å²) >= 11 is 1.64. The van der Waals surface area contributed by atoms with Crippen LogP contribution in [0.3, 0.4) is 0 Å². The van der Waals surface area contributed by atoms with Gasteiger partial charge in [0.1, 0.15) is 17.0 Å². The molecule has 1 N–H and O–H groups in total. The highest BCUT2D eigenvalue weighted by Gasteiger charge is 2.14. The summed E-state index contributed by atoms with van der Waals surface area (Å²) in [6, 6.07) is 2.06. The molecule has 21 heavy (non-hydrogen) atoms. The number of nitrogens with zero attached hydrogens (tertiary/aromatic N) is 4. The minimum absolute atomic E-state index is 0.752. The normalized spacial score (nSPS) is 11.2. The van der Waals surface area contributed by atoms with Crippen LogP contribution in [-0.2, 0) is 26.4 Å². The molecule has 110 valence electrons. The van der Waals surface area contributed by atoms with E-state index in [2.05, 4.69) is 40.3 Å². The Hall–Kier alpha value is -1.95. The topological polar surface area (TPSA) is 55.6 Å². The Morgan fingerprint density at radius 3 is 2.86 bits per heavy atom. The lowest BCUT2D eigenvalue weighted by atomic mass is 10.1. The van der Waals surface area contributed by atoms with Crippen molar-refractivity contribution < 1.29 is 0 Å². The molecule has 0 aliphatic carbocycles. The number of anilines is 1. The fraction of sp³-hybridized carbons (Fsp3) is 0.400. The summed E-state index contributed by atoms with van der Waals surface area (Å²) < 4.78 is 2.00. The Bertz CT molecular complexity index is 759. The van der Waals surface area contributed by atoms with Gasteiger partial charge in [0.05, 0.1) is 11.1 Å². The number of aryl methyl sites for hydroxylation is 2. The number of aromatic nitrogens is 4. The first kappa shape index (κ1) is 14.0. The lowest BCUT2D eigenvalue weighted by Crippen LogP contribution is -2.06. The second kappa shape index (κ2) is 5.81. The van der Waals surface area contributed by atoms with Crippen LogP contribution in [0, 0.1) is 0 Å².